The van der Waals surface area contributed by atoms with Crippen LogP contribution in [0.4, 0.5) is 0 Å². The Hall–Kier alpha value is -1.48. The Kier molecular flexibility index (Phi) is 1.74. The summed E-state index contributed by atoms with van der Waals surface area (Å²) in [6.07, 6.45) is -1.38. The Morgan fingerprint density at radius 1 is 1.00 bits per heavy atom. The first-order valence-corrected chi connectivity index (χ1v) is 4.02. The van der Waals surface area contributed by atoms with Gasteiger partial charge in [-0.15, -0.1) is 0 Å². The van der Waals surface area contributed by atoms with Crippen molar-refractivity contribution in [3.05, 3.63) is 35.9 Å². The molecule has 1 aliphatic rings. The number of benzene rings is 1. The largest absolute Gasteiger partial charge is 0.377 e. The normalized spacial score (nSPS) is 27.2. The second kappa shape index (κ2) is 2.78. The molecule has 0 radical (unpaired) electrons. The number of Topliss-reactive ketones (excluding diaryl/α,β-unsaturated/α-hetero) is 2. The molecule has 0 aromatic heterocycles. The zero-order chi connectivity index (χ0) is 9.42. The maximum Gasteiger partial charge on any atom is 0.183 e. The number of rotatable bonds is 1. The third-order valence-electron chi connectivity index (χ3n) is 2.24. The number of aliphatic hydroxyl groups excluding tert-OH is 1. The highest BCUT2D eigenvalue weighted by molar-refractivity contribution is 6.29. The van der Waals surface area contributed by atoms with E-state index in [4.69, 9.17) is 5.11 Å². The van der Waals surface area contributed by atoms with Gasteiger partial charge >= 0.3 is 0 Å². The predicted octanol–water partition coefficient (Wildman–Crippen LogP) is 0.283. The van der Waals surface area contributed by atoms with Crippen LogP contribution < -0.4 is 0 Å². The van der Waals surface area contributed by atoms with Crippen molar-refractivity contribution in [1.29, 1.82) is 0 Å². The fraction of sp³-hybridized carbons (Fsp3) is 0.200. The molecule has 1 aliphatic carbocycles. The molecule has 0 unspecified atom stereocenters. The monoisotopic (exact) mass is 176 g/mol. The van der Waals surface area contributed by atoms with Crippen LogP contribution in [0.2, 0.25) is 0 Å². The molecule has 0 aliphatic heterocycles. The van der Waals surface area contributed by atoms with E-state index in [0.29, 0.717) is 5.56 Å². The molecule has 0 heterocycles. The van der Waals surface area contributed by atoms with E-state index >= 15 is 0 Å². The van der Waals surface area contributed by atoms with Gasteiger partial charge in [-0.1, -0.05) is 30.3 Å². The molecule has 2 rings (SSSR count). The quantitative estimate of drug-likeness (QED) is 0.625. The van der Waals surface area contributed by atoms with Crippen molar-refractivity contribution in [2.75, 3.05) is 0 Å². The fourth-order valence-electron chi connectivity index (χ4n) is 1.47. The molecule has 0 bridgehead atoms. The molecular weight excluding hydrogens is 168 g/mol. The van der Waals surface area contributed by atoms with E-state index in [9.17, 15) is 9.59 Å². The molecule has 66 valence electrons. The minimum Gasteiger partial charge on any atom is -0.377 e. The van der Waals surface area contributed by atoms with E-state index in [1.807, 2.05) is 6.07 Å². The minimum atomic E-state index is -1.38. The van der Waals surface area contributed by atoms with E-state index in [-0.39, 0.29) is 0 Å². The van der Waals surface area contributed by atoms with Gasteiger partial charge in [0.05, 0.1) is 0 Å². The van der Waals surface area contributed by atoms with Crippen LogP contribution in [0.1, 0.15) is 11.5 Å². The second-order valence-electron chi connectivity index (χ2n) is 3.05. The molecule has 13 heavy (non-hydrogen) atoms. The summed E-state index contributed by atoms with van der Waals surface area (Å²) in [4.78, 5) is 22.2. The van der Waals surface area contributed by atoms with Crippen LogP contribution in [0.15, 0.2) is 30.3 Å². The van der Waals surface area contributed by atoms with Crippen molar-refractivity contribution < 1.29 is 14.7 Å². The maximum absolute atomic E-state index is 11.1. The van der Waals surface area contributed by atoms with E-state index < -0.39 is 23.6 Å². The van der Waals surface area contributed by atoms with Crippen LogP contribution in [-0.2, 0) is 9.59 Å². The summed E-state index contributed by atoms with van der Waals surface area (Å²) in [6, 6.07) is 8.77. The summed E-state index contributed by atoms with van der Waals surface area (Å²) in [6.45, 7) is 0. The summed E-state index contributed by atoms with van der Waals surface area (Å²) in [7, 11) is 0. The van der Waals surface area contributed by atoms with Gasteiger partial charge in [-0.25, -0.2) is 0 Å². The van der Waals surface area contributed by atoms with Crippen LogP contribution in [0.3, 0.4) is 0 Å². The first-order chi connectivity index (χ1) is 6.22. The molecular formula is C10H8O3. The van der Waals surface area contributed by atoms with Gasteiger partial charge in [0.1, 0.15) is 5.92 Å². The van der Waals surface area contributed by atoms with E-state index in [1.54, 1.807) is 24.3 Å². The zero-order valence-electron chi connectivity index (χ0n) is 6.81. The number of hydrogen-bond acceptors (Lipinski definition) is 3. The number of ketones is 2. The Bertz CT molecular complexity index is 340. The summed E-state index contributed by atoms with van der Waals surface area (Å²) in [5.74, 6) is -1.51. The lowest BCUT2D eigenvalue weighted by Crippen LogP contribution is -2.50. The molecule has 1 aromatic rings. The Morgan fingerprint density at radius 3 is 2.08 bits per heavy atom. The van der Waals surface area contributed by atoms with Crippen LogP contribution in [0.5, 0.6) is 0 Å². The van der Waals surface area contributed by atoms with Crippen molar-refractivity contribution >= 4 is 11.6 Å². The molecule has 1 aromatic carbocycles. The van der Waals surface area contributed by atoms with Crippen LogP contribution >= 0.6 is 0 Å². The molecule has 1 N–H and O–H groups in total. The summed E-state index contributed by atoms with van der Waals surface area (Å²) < 4.78 is 0. The lowest BCUT2D eigenvalue weighted by atomic mass is 9.75. The number of carbonyl (C=O) groups is 2. The van der Waals surface area contributed by atoms with Gasteiger partial charge in [-0.2, -0.15) is 0 Å². The average Bonchev–Trinajstić information content (AvgIpc) is 2.19. The highest BCUT2D eigenvalue weighted by atomic mass is 16.3. The lowest BCUT2D eigenvalue weighted by Gasteiger charge is -2.27. The van der Waals surface area contributed by atoms with Gasteiger partial charge in [0, 0.05) is 0 Å². The highest BCUT2D eigenvalue weighted by Gasteiger charge is 2.48. The summed E-state index contributed by atoms with van der Waals surface area (Å²) in [5.41, 5.74) is 0.669. The van der Waals surface area contributed by atoms with Crippen molar-refractivity contribution in [3.8, 4) is 0 Å². The van der Waals surface area contributed by atoms with Crippen molar-refractivity contribution in [3.63, 3.8) is 0 Å². The smallest absolute Gasteiger partial charge is 0.183 e. The van der Waals surface area contributed by atoms with Gasteiger partial charge in [-0.3, -0.25) is 9.59 Å². The molecule has 0 atom stereocenters. The van der Waals surface area contributed by atoms with Crippen molar-refractivity contribution in [2.24, 2.45) is 0 Å². The molecule has 3 nitrogen and oxygen atoms in total. The van der Waals surface area contributed by atoms with Crippen molar-refractivity contribution in [1.82, 2.24) is 0 Å². The third-order valence-corrected chi connectivity index (χ3v) is 2.24. The standard InChI is InChI=1S/C10H8O3/c11-8-7(9(12)10(8)13)6-4-2-1-3-5-6/h1-5,7,10,13H. The number of hydrogen-bond donors (Lipinski definition) is 1. The Labute approximate surface area is 75.0 Å². The van der Waals surface area contributed by atoms with Gasteiger partial charge < -0.3 is 5.11 Å². The molecule has 0 amide bonds. The first kappa shape index (κ1) is 8.13. The van der Waals surface area contributed by atoms with E-state index in [1.165, 1.54) is 0 Å². The van der Waals surface area contributed by atoms with Gasteiger partial charge in [0.15, 0.2) is 17.7 Å². The van der Waals surface area contributed by atoms with E-state index in [2.05, 4.69) is 0 Å². The summed E-state index contributed by atoms with van der Waals surface area (Å²) >= 11 is 0. The zero-order valence-corrected chi connectivity index (χ0v) is 6.81. The molecule has 3 heteroatoms. The number of aliphatic hydroxyl groups is 1. The summed E-state index contributed by atoms with van der Waals surface area (Å²) in [5, 5.41) is 8.92. The first-order valence-electron chi connectivity index (χ1n) is 4.02. The lowest BCUT2D eigenvalue weighted by molar-refractivity contribution is -0.152. The van der Waals surface area contributed by atoms with Gasteiger partial charge in [0.2, 0.25) is 0 Å². The predicted molar refractivity (Wildman–Crippen MR) is 45.2 cm³/mol. The molecule has 1 saturated carbocycles. The Morgan fingerprint density at radius 2 is 1.54 bits per heavy atom. The molecule has 0 saturated heterocycles. The highest BCUT2D eigenvalue weighted by Crippen LogP contribution is 2.29. The second-order valence-corrected chi connectivity index (χ2v) is 3.05. The van der Waals surface area contributed by atoms with Crippen LogP contribution in [0, 0.1) is 0 Å². The maximum atomic E-state index is 11.1. The fourth-order valence-corrected chi connectivity index (χ4v) is 1.47. The SMILES string of the molecule is O=C1C(O)C(=O)C1c1ccccc1. The van der Waals surface area contributed by atoms with Crippen LogP contribution in [-0.4, -0.2) is 22.8 Å². The third kappa shape index (κ3) is 1.09. The number of carbonyl (C=O) groups excluding carboxylic acids is 2. The van der Waals surface area contributed by atoms with Crippen molar-refractivity contribution in [2.45, 2.75) is 12.0 Å². The Balaban J connectivity index is 2.30. The average molecular weight is 176 g/mol. The molecule has 1 fully saturated rings. The van der Waals surface area contributed by atoms with Gasteiger partial charge in [-0.05, 0) is 5.56 Å². The molecule has 0 spiro atoms. The van der Waals surface area contributed by atoms with Crippen LogP contribution in [0.25, 0.3) is 0 Å². The van der Waals surface area contributed by atoms with Gasteiger partial charge in [0.25, 0.3) is 0 Å². The van der Waals surface area contributed by atoms with E-state index in [0.717, 1.165) is 0 Å². The topological polar surface area (TPSA) is 54.4 Å². The minimum absolute atomic E-state index is 0.392.